The summed E-state index contributed by atoms with van der Waals surface area (Å²) in [4.78, 5) is 0. The van der Waals surface area contributed by atoms with Crippen molar-refractivity contribution in [2.75, 3.05) is 13.1 Å². The van der Waals surface area contributed by atoms with Crippen LogP contribution in [0.2, 0.25) is 0 Å². The molecule has 6 heteroatoms. The first-order valence-corrected chi connectivity index (χ1v) is 7.30. The van der Waals surface area contributed by atoms with Gasteiger partial charge in [0.25, 0.3) is 10.2 Å². The molecule has 0 aromatic carbocycles. The van der Waals surface area contributed by atoms with Crippen LogP contribution in [0.25, 0.3) is 0 Å². The van der Waals surface area contributed by atoms with Crippen molar-refractivity contribution < 1.29 is 8.42 Å². The molecule has 5 nitrogen and oxygen atoms in total. The number of hydrogen-bond donors (Lipinski definition) is 2. The molecule has 0 aromatic heterocycles. The van der Waals surface area contributed by atoms with Gasteiger partial charge in [-0.3, -0.25) is 0 Å². The Kier molecular flexibility index (Phi) is 4.73. The molecule has 1 aliphatic heterocycles. The minimum atomic E-state index is -3.36. The molecule has 1 aliphatic rings. The van der Waals surface area contributed by atoms with Gasteiger partial charge in [0.15, 0.2) is 0 Å². The second-order valence-electron chi connectivity index (χ2n) is 4.91. The third kappa shape index (κ3) is 3.41. The van der Waals surface area contributed by atoms with Crippen LogP contribution in [0.1, 0.15) is 33.6 Å². The third-order valence-electron chi connectivity index (χ3n) is 2.89. The van der Waals surface area contributed by atoms with Crippen LogP contribution < -0.4 is 10.5 Å². The summed E-state index contributed by atoms with van der Waals surface area (Å²) in [7, 11) is -3.36. The molecule has 2 atom stereocenters. The van der Waals surface area contributed by atoms with Gasteiger partial charge in [0.05, 0.1) is 0 Å². The molecule has 1 fully saturated rings. The van der Waals surface area contributed by atoms with E-state index in [1.54, 1.807) is 0 Å². The quantitative estimate of drug-likeness (QED) is 0.752. The third-order valence-corrected chi connectivity index (χ3v) is 4.76. The molecule has 0 aromatic rings. The first-order chi connectivity index (χ1) is 7.36. The first kappa shape index (κ1) is 13.9. The molecule has 0 saturated carbocycles. The van der Waals surface area contributed by atoms with Crippen molar-refractivity contribution in [3.63, 3.8) is 0 Å². The predicted octanol–water partition coefficient (Wildman–Crippen LogP) is 0.288. The van der Waals surface area contributed by atoms with Gasteiger partial charge >= 0.3 is 0 Å². The Morgan fingerprint density at radius 1 is 1.50 bits per heavy atom. The Bertz CT molecular complexity index is 316. The Morgan fingerprint density at radius 2 is 2.12 bits per heavy atom. The van der Waals surface area contributed by atoms with E-state index in [1.165, 1.54) is 4.31 Å². The van der Waals surface area contributed by atoms with Crippen molar-refractivity contribution in [2.45, 2.75) is 45.7 Å². The van der Waals surface area contributed by atoms with Crippen molar-refractivity contribution in [1.29, 1.82) is 0 Å². The van der Waals surface area contributed by atoms with E-state index in [2.05, 4.69) is 11.6 Å². The lowest BCUT2D eigenvalue weighted by molar-refractivity contribution is 0.208. The summed E-state index contributed by atoms with van der Waals surface area (Å²) in [5.74, 6) is 0.555. The molecule has 0 amide bonds. The summed E-state index contributed by atoms with van der Waals surface area (Å²) in [5.41, 5.74) is 5.65. The van der Waals surface area contributed by atoms with E-state index in [9.17, 15) is 8.42 Å². The van der Waals surface area contributed by atoms with Crippen molar-refractivity contribution in [3.8, 4) is 0 Å². The second-order valence-corrected chi connectivity index (χ2v) is 6.56. The minimum absolute atomic E-state index is 0.0556. The number of rotatable bonds is 4. The van der Waals surface area contributed by atoms with Crippen LogP contribution in [0.15, 0.2) is 0 Å². The van der Waals surface area contributed by atoms with Crippen molar-refractivity contribution in [2.24, 2.45) is 11.7 Å². The fourth-order valence-corrected chi connectivity index (χ4v) is 3.77. The molecule has 1 rings (SSSR count). The highest BCUT2D eigenvalue weighted by atomic mass is 32.2. The summed E-state index contributed by atoms with van der Waals surface area (Å²) in [6.07, 6.45) is 1.77. The van der Waals surface area contributed by atoms with E-state index in [-0.39, 0.29) is 12.1 Å². The van der Waals surface area contributed by atoms with Crippen LogP contribution in [0, 0.1) is 5.92 Å². The van der Waals surface area contributed by atoms with Crippen LogP contribution in [0.4, 0.5) is 0 Å². The zero-order valence-corrected chi connectivity index (χ0v) is 11.1. The van der Waals surface area contributed by atoms with Crippen LogP contribution in [-0.2, 0) is 10.2 Å². The zero-order chi connectivity index (χ0) is 12.3. The maximum Gasteiger partial charge on any atom is 0.279 e. The number of nitrogens with two attached hydrogens (primary N) is 1. The molecule has 16 heavy (non-hydrogen) atoms. The topological polar surface area (TPSA) is 75.4 Å². The Hall–Kier alpha value is -0.170. The van der Waals surface area contributed by atoms with Crippen LogP contribution in [0.5, 0.6) is 0 Å². The highest BCUT2D eigenvalue weighted by Crippen LogP contribution is 2.23. The van der Waals surface area contributed by atoms with Gasteiger partial charge in [0.1, 0.15) is 0 Å². The smallest absolute Gasteiger partial charge is 0.279 e. The summed E-state index contributed by atoms with van der Waals surface area (Å²) >= 11 is 0. The predicted molar refractivity (Wildman–Crippen MR) is 65.1 cm³/mol. The molecule has 0 bridgehead atoms. The fraction of sp³-hybridized carbons (Fsp3) is 1.00. The van der Waals surface area contributed by atoms with Crippen molar-refractivity contribution in [3.05, 3.63) is 0 Å². The maximum atomic E-state index is 12.0. The largest absolute Gasteiger partial charge is 0.329 e. The summed E-state index contributed by atoms with van der Waals surface area (Å²) < 4.78 is 28.2. The normalized spacial score (nSPS) is 28.6. The summed E-state index contributed by atoms with van der Waals surface area (Å²) in [6, 6.07) is -0.136. The van der Waals surface area contributed by atoms with E-state index >= 15 is 0 Å². The van der Waals surface area contributed by atoms with Gasteiger partial charge in [-0.05, 0) is 32.6 Å². The standard InChI is InChI=1S/C10H23N3O2S/c1-8(2)12-16(14,15)13-5-4-9(3)6-10(13)7-11/h8-10,12H,4-7,11H2,1-3H3. The SMILES string of the molecule is CC1CCN(S(=O)(=O)NC(C)C)C(CN)C1. The second kappa shape index (κ2) is 5.44. The lowest BCUT2D eigenvalue weighted by Crippen LogP contribution is -2.54. The molecule has 1 heterocycles. The number of nitrogens with zero attached hydrogens (tertiary/aromatic N) is 1. The lowest BCUT2D eigenvalue weighted by Gasteiger charge is -2.37. The van der Waals surface area contributed by atoms with Crippen molar-refractivity contribution >= 4 is 10.2 Å². The highest BCUT2D eigenvalue weighted by molar-refractivity contribution is 7.87. The summed E-state index contributed by atoms with van der Waals surface area (Å²) in [6.45, 7) is 6.75. The molecule has 96 valence electrons. The Labute approximate surface area is 98.6 Å². The molecule has 3 N–H and O–H groups in total. The van der Waals surface area contributed by atoms with Gasteiger partial charge < -0.3 is 5.73 Å². The number of hydrogen-bond acceptors (Lipinski definition) is 3. The summed E-state index contributed by atoms with van der Waals surface area (Å²) in [5, 5.41) is 0. The average molecular weight is 249 g/mol. The van der Waals surface area contributed by atoms with E-state index < -0.39 is 10.2 Å². The van der Waals surface area contributed by atoms with Crippen molar-refractivity contribution in [1.82, 2.24) is 9.03 Å². The number of piperidine rings is 1. The average Bonchev–Trinajstić information content (AvgIpc) is 2.15. The van der Waals surface area contributed by atoms with Gasteiger partial charge in [-0.15, -0.1) is 0 Å². The van der Waals surface area contributed by atoms with Crippen LogP contribution >= 0.6 is 0 Å². The minimum Gasteiger partial charge on any atom is -0.329 e. The first-order valence-electron chi connectivity index (χ1n) is 5.86. The lowest BCUT2D eigenvalue weighted by atomic mass is 9.94. The van der Waals surface area contributed by atoms with Gasteiger partial charge in [0, 0.05) is 25.2 Å². The van der Waals surface area contributed by atoms with Crippen LogP contribution in [0.3, 0.4) is 0 Å². The van der Waals surface area contributed by atoms with Gasteiger partial charge in [0.2, 0.25) is 0 Å². The van der Waals surface area contributed by atoms with E-state index in [0.717, 1.165) is 12.8 Å². The van der Waals surface area contributed by atoms with Gasteiger partial charge in [-0.2, -0.15) is 17.4 Å². The maximum absolute atomic E-state index is 12.0. The monoisotopic (exact) mass is 249 g/mol. The number of nitrogens with one attached hydrogen (secondary N) is 1. The van der Waals surface area contributed by atoms with Crippen LogP contribution in [-0.4, -0.2) is 37.9 Å². The highest BCUT2D eigenvalue weighted by Gasteiger charge is 2.33. The molecule has 2 unspecified atom stereocenters. The fourth-order valence-electron chi connectivity index (χ4n) is 2.13. The van der Waals surface area contributed by atoms with Gasteiger partial charge in [-0.25, -0.2) is 0 Å². The van der Waals surface area contributed by atoms with E-state index in [0.29, 0.717) is 19.0 Å². The van der Waals surface area contributed by atoms with Gasteiger partial charge in [-0.1, -0.05) is 6.92 Å². The molecule has 0 radical (unpaired) electrons. The zero-order valence-electron chi connectivity index (χ0n) is 10.3. The molecular formula is C10H23N3O2S. The molecule has 1 saturated heterocycles. The molecule has 0 aliphatic carbocycles. The van der Waals surface area contributed by atoms with E-state index in [4.69, 9.17) is 5.73 Å². The molecule has 0 spiro atoms. The Balaban J connectivity index is 2.77. The molecular weight excluding hydrogens is 226 g/mol. The Morgan fingerprint density at radius 3 is 2.62 bits per heavy atom. The van der Waals surface area contributed by atoms with E-state index in [1.807, 2.05) is 13.8 Å².